The molecule has 0 aliphatic rings. The van der Waals surface area contributed by atoms with Crippen LogP contribution in [0.4, 0.5) is 13.2 Å². The van der Waals surface area contributed by atoms with E-state index in [1.165, 1.54) is 29.0 Å². The molecule has 0 bridgehead atoms. The first-order valence-corrected chi connectivity index (χ1v) is 10.7. The minimum Gasteiger partial charge on any atom is -0.310 e. The molecule has 0 aliphatic carbocycles. The maximum atomic E-state index is 13.0. The molecule has 11 heteroatoms. The highest BCUT2D eigenvalue weighted by Crippen LogP contribution is 2.36. The van der Waals surface area contributed by atoms with Crippen molar-refractivity contribution in [3.8, 4) is 11.5 Å². The third-order valence-corrected chi connectivity index (χ3v) is 7.05. The molecule has 0 saturated carbocycles. The van der Waals surface area contributed by atoms with Crippen LogP contribution in [0.1, 0.15) is 12.5 Å². The molecular weight excluding hydrogens is 413 g/mol. The standard InChI is InChI=1S/C17H13F3N4O2S2/c1-3-28(25,26)14-10-4-5-27-12(10)8-21-13(14)16-23-11-6-9(17(18,19)20)7-22-15(11)24(16)2/h4-8H,3H2,1-2H3. The Labute approximate surface area is 161 Å². The van der Waals surface area contributed by atoms with Gasteiger partial charge in [0.1, 0.15) is 16.1 Å². The summed E-state index contributed by atoms with van der Waals surface area (Å²) in [6.45, 7) is 1.52. The molecule has 28 heavy (non-hydrogen) atoms. The van der Waals surface area contributed by atoms with Crippen molar-refractivity contribution >= 4 is 42.4 Å². The van der Waals surface area contributed by atoms with Gasteiger partial charge in [0.25, 0.3) is 0 Å². The first kappa shape index (κ1) is 18.8. The van der Waals surface area contributed by atoms with E-state index in [1.54, 1.807) is 18.5 Å². The molecule has 0 aromatic carbocycles. The molecule has 146 valence electrons. The Morgan fingerprint density at radius 1 is 1.21 bits per heavy atom. The maximum absolute atomic E-state index is 13.0. The molecular formula is C17H13F3N4O2S2. The molecule has 6 nitrogen and oxygen atoms in total. The van der Waals surface area contributed by atoms with Crippen molar-refractivity contribution in [1.82, 2.24) is 19.5 Å². The van der Waals surface area contributed by atoms with E-state index in [1.807, 2.05) is 0 Å². The number of alkyl halides is 3. The van der Waals surface area contributed by atoms with Crippen LogP contribution in [0.15, 0.2) is 34.8 Å². The quantitative estimate of drug-likeness (QED) is 0.494. The summed E-state index contributed by atoms with van der Waals surface area (Å²) >= 11 is 1.35. The van der Waals surface area contributed by atoms with E-state index in [4.69, 9.17) is 0 Å². The lowest BCUT2D eigenvalue weighted by molar-refractivity contribution is -0.137. The number of aromatic nitrogens is 4. The number of sulfone groups is 1. The monoisotopic (exact) mass is 426 g/mol. The zero-order valence-electron chi connectivity index (χ0n) is 14.6. The highest BCUT2D eigenvalue weighted by molar-refractivity contribution is 7.91. The number of pyridine rings is 2. The summed E-state index contributed by atoms with van der Waals surface area (Å²) in [6.07, 6.45) is -2.28. The van der Waals surface area contributed by atoms with Crippen LogP contribution in [0.25, 0.3) is 32.8 Å². The SMILES string of the molecule is CCS(=O)(=O)c1c(-c2nc3cc(C(F)(F)F)cnc3n2C)ncc2sccc12. The van der Waals surface area contributed by atoms with Gasteiger partial charge in [-0.1, -0.05) is 6.92 Å². The Morgan fingerprint density at radius 2 is 1.96 bits per heavy atom. The fourth-order valence-corrected chi connectivity index (χ4v) is 5.05. The number of hydrogen-bond acceptors (Lipinski definition) is 6. The maximum Gasteiger partial charge on any atom is 0.417 e. The minimum absolute atomic E-state index is 0.0133. The number of aryl methyl sites for hydroxylation is 1. The van der Waals surface area contributed by atoms with Crippen LogP contribution < -0.4 is 0 Å². The highest BCUT2D eigenvalue weighted by atomic mass is 32.2. The van der Waals surface area contributed by atoms with E-state index in [9.17, 15) is 21.6 Å². The summed E-state index contributed by atoms with van der Waals surface area (Å²) in [5, 5.41) is 2.28. The summed E-state index contributed by atoms with van der Waals surface area (Å²) < 4.78 is 66.7. The second-order valence-electron chi connectivity index (χ2n) is 6.10. The zero-order chi connectivity index (χ0) is 20.3. The number of imidazole rings is 1. The number of thiophene rings is 1. The van der Waals surface area contributed by atoms with Crippen molar-refractivity contribution in [2.24, 2.45) is 7.05 Å². The van der Waals surface area contributed by atoms with Gasteiger partial charge in [0.15, 0.2) is 21.3 Å². The number of fused-ring (bicyclic) bond motifs is 2. The summed E-state index contributed by atoms with van der Waals surface area (Å²) in [4.78, 5) is 12.4. The fraction of sp³-hybridized carbons (Fsp3) is 0.235. The molecule has 0 saturated heterocycles. The Bertz CT molecular complexity index is 1320. The summed E-state index contributed by atoms with van der Waals surface area (Å²) in [7, 11) is -2.11. The smallest absolute Gasteiger partial charge is 0.310 e. The largest absolute Gasteiger partial charge is 0.417 e. The number of hydrogen-bond donors (Lipinski definition) is 0. The average Bonchev–Trinajstić information content (AvgIpc) is 3.24. The van der Waals surface area contributed by atoms with Crippen LogP contribution in [0.2, 0.25) is 0 Å². The molecule has 4 heterocycles. The number of halogens is 3. The van der Waals surface area contributed by atoms with Crippen molar-refractivity contribution in [3.05, 3.63) is 35.5 Å². The molecule has 0 amide bonds. The van der Waals surface area contributed by atoms with Crippen LogP contribution in [-0.2, 0) is 23.1 Å². The molecule has 4 aromatic heterocycles. The van der Waals surface area contributed by atoms with Gasteiger partial charge in [-0.3, -0.25) is 4.98 Å². The molecule has 4 aromatic rings. The Balaban J connectivity index is 2.04. The highest BCUT2D eigenvalue weighted by Gasteiger charge is 2.32. The predicted octanol–water partition coefficient (Wildman–Crippen LogP) is 4.06. The molecule has 0 radical (unpaired) electrons. The summed E-state index contributed by atoms with van der Waals surface area (Å²) in [6, 6.07) is 2.58. The van der Waals surface area contributed by atoms with E-state index in [0.29, 0.717) is 10.1 Å². The van der Waals surface area contributed by atoms with Gasteiger partial charge >= 0.3 is 6.18 Å². The Kier molecular flexibility index (Phi) is 4.19. The molecule has 0 N–H and O–H groups in total. The average molecular weight is 426 g/mol. The fourth-order valence-electron chi connectivity index (χ4n) is 2.98. The molecule has 4 rings (SSSR count). The van der Waals surface area contributed by atoms with Gasteiger partial charge in [-0.05, 0) is 17.5 Å². The van der Waals surface area contributed by atoms with Gasteiger partial charge in [0, 0.05) is 24.8 Å². The van der Waals surface area contributed by atoms with Gasteiger partial charge in [-0.2, -0.15) is 13.2 Å². The van der Waals surface area contributed by atoms with Crippen LogP contribution in [0.5, 0.6) is 0 Å². The van der Waals surface area contributed by atoms with Crippen molar-refractivity contribution in [2.45, 2.75) is 18.0 Å². The first-order valence-electron chi connectivity index (χ1n) is 8.12. The Morgan fingerprint density at radius 3 is 2.64 bits per heavy atom. The van der Waals surface area contributed by atoms with Crippen molar-refractivity contribution < 1.29 is 21.6 Å². The Hall–Kier alpha value is -2.53. The van der Waals surface area contributed by atoms with Crippen LogP contribution in [-0.4, -0.2) is 33.7 Å². The van der Waals surface area contributed by atoms with E-state index in [2.05, 4.69) is 15.0 Å². The van der Waals surface area contributed by atoms with Gasteiger partial charge in [0.2, 0.25) is 0 Å². The predicted molar refractivity (Wildman–Crippen MR) is 99.9 cm³/mol. The van der Waals surface area contributed by atoms with E-state index >= 15 is 0 Å². The molecule has 0 atom stereocenters. The van der Waals surface area contributed by atoms with Crippen molar-refractivity contribution in [3.63, 3.8) is 0 Å². The van der Waals surface area contributed by atoms with Gasteiger partial charge in [0.05, 0.1) is 16.0 Å². The van der Waals surface area contributed by atoms with Gasteiger partial charge in [-0.25, -0.2) is 18.4 Å². The van der Waals surface area contributed by atoms with Crippen LogP contribution in [0, 0.1) is 0 Å². The third-order valence-electron chi connectivity index (χ3n) is 4.40. The lowest BCUT2D eigenvalue weighted by atomic mass is 10.2. The minimum atomic E-state index is -4.55. The normalized spacial score (nSPS) is 12.9. The zero-order valence-corrected chi connectivity index (χ0v) is 16.3. The lowest BCUT2D eigenvalue weighted by Gasteiger charge is -2.10. The second-order valence-corrected chi connectivity index (χ2v) is 9.26. The topological polar surface area (TPSA) is 77.7 Å². The number of nitrogens with zero attached hydrogens (tertiary/aromatic N) is 4. The lowest BCUT2D eigenvalue weighted by Crippen LogP contribution is -2.09. The molecule has 0 spiro atoms. The van der Waals surface area contributed by atoms with Crippen molar-refractivity contribution in [1.29, 1.82) is 0 Å². The summed E-state index contributed by atoms with van der Waals surface area (Å²) in [5.74, 6) is -0.00112. The van der Waals surface area contributed by atoms with Crippen LogP contribution in [0.3, 0.4) is 0 Å². The first-order chi connectivity index (χ1) is 13.1. The third kappa shape index (κ3) is 2.85. The van der Waals surface area contributed by atoms with Crippen LogP contribution >= 0.6 is 11.3 Å². The van der Waals surface area contributed by atoms with Gasteiger partial charge < -0.3 is 4.57 Å². The second kappa shape index (κ2) is 6.24. The molecule has 0 unspecified atom stereocenters. The van der Waals surface area contributed by atoms with E-state index in [-0.39, 0.29) is 33.3 Å². The molecule has 0 aliphatic heterocycles. The summed E-state index contributed by atoms with van der Waals surface area (Å²) in [5.41, 5.74) is -0.608. The van der Waals surface area contributed by atoms with E-state index in [0.717, 1.165) is 12.3 Å². The molecule has 0 fully saturated rings. The van der Waals surface area contributed by atoms with E-state index < -0.39 is 21.6 Å². The number of rotatable bonds is 3. The van der Waals surface area contributed by atoms with Crippen molar-refractivity contribution in [2.75, 3.05) is 5.75 Å². The van der Waals surface area contributed by atoms with Gasteiger partial charge in [-0.15, -0.1) is 11.3 Å².